The smallest absolute Gasteiger partial charge is 0.171 e. The number of rotatable bonds is 1. The van der Waals surface area contributed by atoms with E-state index in [9.17, 15) is 0 Å². The summed E-state index contributed by atoms with van der Waals surface area (Å²) in [6.45, 7) is 6.40. The Labute approximate surface area is 99.4 Å². The van der Waals surface area contributed by atoms with Crippen LogP contribution in [0.5, 0.6) is 0 Å². The number of aromatic amines is 1. The summed E-state index contributed by atoms with van der Waals surface area (Å²) < 4.78 is 2.48. The summed E-state index contributed by atoms with van der Waals surface area (Å²) in [5.41, 5.74) is 1.13. The molecule has 0 bridgehead atoms. The first kappa shape index (κ1) is 11.0. The van der Waals surface area contributed by atoms with Gasteiger partial charge in [-0.15, -0.1) is 0 Å². The maximum absolute atomic E-state index is 5.29. The predicted octanol–water partition coefficient (Wildman–Crippen LogP) is 2.62. The highest BCUT2D eigenvalue weighted by molar-refractivity contribution is 7.71. The molecule has 84 valence electrons. The van der Waals surface area contributed by atoms with Gasteiger partial charge >= 0.3 is 0 Å². The Morgan fingerprint density at radius 2 is 2.06 bits per heavy atom. The van der Waals surface area contributed by atoms with E-state index in [0.29, 0.717) is 10.5 Å². The molecule has 0 amide bonds. The van der Waals surface area contributed by atoms with Gasteiger partial charge in [0.05, 0.1) is 6.20 Å². The largest absolute Gasteiger partial charge is 0.295 e. The maximum atomic E-state index is 5.29. The molecule has 0 radical (unpaired) electrons. The number of hydrogen-bond donors (Lipinski definition) is 1. The van der Waals surface area contributed by atoms with Crippen LogP contribution in [0.15, 0.2) is 24.7 Å². The van der Waals surface area contributed by atoms with E-state index in [1.54, 1.807) is 23.3 Å². The molecular weight excluding hydrogens is 220 g/mol. The molecule has 2 aromatic heterocycles. The van der Waals surface area contributed by atoms with Crippen molar-refractivity contribution in [3.63, 3.8) is 0 Å². The minimum Gasteiger partial charge on any atom is -0.295 e. The fourth-order valence-electron chi connectivity index (χ4n) is 1.36. The first-order valence-corrected chi connectivity index (χ1v) is 5.48. The quantitative estimate of drug-likeness (QED) is 0.771. The number of H-pyrrole nitrogens is 1. The van der Waals surface area contributed by atoms with Crippen LogP contribution in [0.3, 0.4) is 0 Å². The molecule has 0 atom stereocenters. The number of nitrogens with one attached hydrogen (secondary N) is 1. The molecule has 0 aliphatic heterocycles. The van der Waals surface area contributed by atoms with Crippen molar-refractivity contribution in [1.29, 1.82) is 0 Å². The zero-order valence-electron chi connectivity index (χ0n) is 9.56. The van der Waals surface area contributed by atoms with Crippen molar-refractivity contribution < 1.29 is 0 Å². The third-order valence-electron chi connectivity index (χ3n) is 2.31. The summed E-state index contributed by atoms with van der Waals surface area (Å²) in [6.07, 6.45) is 4.97. The van der Waals surface area contributed by atoms with E-state index in [4.69, 9.17) is 12.2 Å². The zero-order chi connectivity index (χ0) is 11.8. The number of hydrogen-bond acceptors (Lipinski definition) is 3. The molecule has 5 heteroatoms. The average molecular weight is 234 g/mol. The van der Waals surface area contributed by atoms with Crippen molar-refractivity contribution in [2.45, 2.75) is 26.2 Å². The van der Waals surface area contributed by atoms with E-state index >= 15 is 0 Å². The lowest BCUT2D eigenvalue weighted by atomic mass is 9.93. The second kappa shape index (κ2) is 3.83. The van der Waals surface area contributed by atoms with Gasteiger partial charge in [0.2, 0.25) is 0 Å². The molecule has 1 N–H and O–H groups in total. The Hall–Kier alpha value is -1.49. The van der Waals surface area contributed by atoms with E-state index in [0.717, 1.165) is 5.69 Å². The Balaban J connectivity index is 2.53. The molecular formula is C11H14N4S. The van der Waals surface area contributed by atoms with Gasteiger partial charge < -0.3 is 0 Å². The molecule has 0 aliphatic carbocycles. The molecule has 0 aromatic carbocycles. The van der Waals surface area contributed by atoms with Gasteiger partial charge in [-0.3, -0.25) is 10.1 Å². The van der Waals surface area contributed by atoms with Crippen molar-refractivity contribution in [3.05, 3.63) is 35.0 Å². The Bertz CT molecular complexity index is 533. The normalized spacial score (nSPS) is 11.7. The molecule has 0 saturated carbocycles. The molecule has 0 fully saturated rings. The lowest BCUT2D eigenvalue weighted by Crippen LogP contribution is -2.12. The minimum absolute atomic E-state index is 0.0427. The monoisotopic (exact) mass is 234 g/mol. The highest BCUT2D eigenvalue weighted by Crippen LogP contribution is 2.21. The van der Waals surface area contributed by atoms with Crippen molar-refractivity contribution >= 4 is 12.2 Å². The summed E-state index contributed by atoms with van der Waals surface area (Å²) in [5.74, 6) is 0.711. The van der Waals surface area contributed by atoms with Gasteiger partial charge in [-0.2, -0.15) is 0 Å². The van der Waals surface area contributed by atoms with Gasteiger partial charge in [0, 0.05) is 23.5 Å². The molecule has 4 nitrogen and oxygen atoms in total. The molecule has 0 unspecified atom stereocenters. The van der Waals surface area contributed by atoms with Gasteiger partial charge in [0.15, 0.2) is 5.82 Å². The first-order valence-electron chi connectivity index (χ1n) is 5.07. The van der Waals surface area contributed by atoms with Crippen molar-refractivity contribution in [2.24, 2.45) is 0 Å². The number of aromatic nitrogens is 4. The van der Waals surface area contributed by atoms with Crippen molar-refractivity contribution in [1.82, 2.24) is 19.7 Å². The van der Waals surface area contributed by atoms with Crippen LogP contribution in [-0.4, -0.2) is 19.7 Å². The summed E-state index contributed by atoms with van der Waals surface area (Å²) in [7, 11) is 0. The van der Waals surface area contributed by atoms with Gasteiger partial charge in [-0.1, -0.05) is 33.0 Å². The molecule has 2 rings (SSSR count). The molecule has 0 saturated heterocycles. The van der Waals surface area contributed by atoms with Gasteiger partial charge in [-0.05, 0) is 6.07 Å². The van der Waals surface area contributed by atoms with Crippen LogP contribution < -0.4 is 0 Å². The van der Waals surface area contributed by atoms with Crippen LogP contribution in [0, 0.1) is 4.64 Å². The van der Waals surface area contributed by atoms with Gasteiger partial charge in [0.25, 0.3) is 0 Å². The summed E-state index contributed by atoms with van der Waals surface area (Å²) >= 11 is 5.29. The summed E-state index contributed by atoms with van der Waals surface area (Å²) in [5, 5.41) is 3.25. The highest BCUT2D eigenvalue weighted by Gasteiger charge is 2.17. The Morgan fingerprint density at radius 3 is 2.56 bits per heavy atom. The molecule has 16 heavy (non-hydrogen) atoms. The van der Waals surface area contributed by atoms with Crippen LogP contribution >= 0.6 is 12.2 Å². The SMILES string of the molecule is CC(C)(C)c1cc(=S)n(-c2cnccn2)[nH]1. The first-order chi connectivity index (χ1) is 7.48. The number of nitrogens with zero attached hydrogens (tertiary/aromatic N) is 3. The maximum Gasteiger partial charge on any atom is 0.171 e. The lowest BCUT2D eigenvalue weighted by Gasteiger charge is -2.15. The highest BCUT2D eigenvalue weighted by atomic mass is 32.1. The molecule has 0 spiro atoms. The van der Waals surface area contributed by atoms with E-state index < -0.39 is 0 Å². The van der Waals surface area contributed by atoms with Crippen LogP contribution in [0.1, 0.15) is 26.5 Å². The fraction of sp³-hybridized carbons (Fsp3) is 0.364. The lowest BCUT2D eigenvalue weighted by molar-refractivity contribution is 0.559. The third kappa shape index (κ3) is 2.04. The predicted molar refractivity (Wildman–Crippen MR) is 65.2 cm³/mol. The zero-order valence-corrected chi connectivity index (χ0v) is 10.4. The van der Waals surface area contributed by atoms with E-state index in [-0.39, 0.29) is 5.41 Å². The van der Waals surface area contributed by atoms with Crippen LogP contribution in [0.4, 0.5) is 0 Å². The minimum atomic E-state index is 0.0427. The van der Waals surface area contributed by atoms with Crippen LogP contribution in [-0.2, 0) is 5.41 Å². The Kier molecular flexibility index (Phi) is 2.63. The van der Waals surface area contributed by atoms with Crippen molar-refractivity contribution in [2.75, 3.05) is 0 Å². The second-order valence-corrected chi connectivity index (χ2v) is 5.08. The van der Waals surface area contributed by atoms with E-state index in [2.05, 4.69) is 35.8 Å². The molecule has 2 aromatic rings. The molecule has 0 aliphatic rings. The van der Waals surface area contributed by atoms with Crippen LogP contribution in [0.2, 0.25) is 0 Å². The summed E-state index contributed by atoms with van der Waals surface area (Å²) in [4.78, 5) is 8.23. The fourth-order valence-corrected chi connectivity index (χ4v) is 1.61. The second-order valence-electron chi connectivity index (χ2n) is 4.66. The molecule has 2 heterocycles. The third-order valence-corrected chi connectivity index (χ3v) is 2.61. The topological polar surface area (TPSA) is 46.5 Å². The van der Waals surface area contributed by atoms with Crippen molar-refractivity contribution in [3.8, 4) is 5.82 Å². The van der Waals surface area contributed by atoms with Gasteiger partial charge in [-0.25, -0.2) is 9.67 Å². The van der Waals surface area contributed by atoms with E-state index in [1.165, 1.54) is 0 Å². The van der Waals surface area contributed by atoms with E-state index in [1.807, 2.05) is 6.07 Å². The van der Waals surface area contributed by atoms with Crippen LogP contribution in [0.25, 0.3) is 5.82 Å². The average Bonchev–Trinajstić information content (AvgIpc) is 2.61. The van der Waals surface area contributed by atoms with Gasteiger partial charge in [0.1, 0.15) is 4.64 Å². The standard InChI is InChI=1S/C11H14N4S/c1-11(2,3)8-6-10(16)15(14-8)9-7-12-4-5-13-9/h4-7,14H,1-3H3. The summed E-state index contributed by atoms with van der Waals surface area (Å²) in [6, 6.07) is 1.96. The Morgan fingerprint density at radius 1 is 1.31 bits per heavy atom.